The van der Waals surface area contributed by atoms with Crippen molar-refractivity contribution in [2.45, 2.75) is 53.0 Å². The van der Waals surface area contributed by atoms with Gasteiger partial charge in [0.25, 0.3) is 0 Å². The van der Waals surface area contributed by atoms with Crippen molar-refractivity contribution in [2.24, 2.45) is 5.41 Å². The molecule has 122 valence electrons. The van der Waals surface area contributed by atoms with Crippen LogP contribution in [0, 0.1) is 5.41 Å². The Morgan fingerprint density at radius 2 is 1.67 bits per heavy atom. The van der Waals surface area contributed by atoms with Gasteiger partial charge in [-0.15, -0.1) is 0 Å². The molecule has 0 saturated heterocycles. The fourth-order valence-corrected chi connectivity index (χ4v) is 1.87. The molecule has 0 unspecified atom stereocenters. The minimum absolute atomic E-state index is 0.0663. The fourth-order valence-electron chi connectivity index (χ4n) is 1.87. The summed E-state index contributed by atoms with van der Waals surface area (Å²) < 4.78 is 0. The molecule has 0 heterocycles. The maximum Gasteiger partial charge on any atom is 0.314 e. The lowest BCUT2D eigenvalue weighted by Crippen LogP contribution is -2.46. The van der Waals surface area contributed by atoms with E-state index in [2.05, 4.69) is 16.0 Å². The molecule has 0 fully saturated rings. The number of carbonyl (C=O) groups excluding carboxylic acids is 2. The quantitative estimate of drug-likeness (QED) is 0.511. The van der Waals surface area contributed by atoms with E-state index in [1.807, 2.05) is 13.8 Å². The van der Waals surface area contributed by atoms with Crippen molar-refractivity contribution >= 4 is 17.9 Å². The summed E-state index contributed by atoms with van der Waals surface area (Å²) >= 11 is 0. The van der Waals surface area contributed by atoms with Gasteiger partial charge >= 0.3 is 12.0 Å². The summed E-state index contributed by atoms with van der Waals surface area (Å²) in [7, 11) is 0. The van der Waals surface area contributed by atoms with Gasteiger partial charge in [0, 0.05) is 25.6 Å². The molecule has 0 saturated carbocycles. The fraction of sp³-hybridized carbons (Fsp3) is 0.786. The smallest absolute Gasteiger partial charge is 0.314 e. The predicted molar refractivity (Wildman–Crippen MR) is 79.9 cm³/mol. The third-order valence-corrected chi connectivity index (χ3v) is 3.48. The molecule has 0 aromatic carbocycles. The summed E-state index contributed by atoms with van der Waals surface area (Å²) in [6.45, 7) is 7.57. The van der Waals surface area contributed by atoms with Gasteiger partial charge in [-0.1, -0.05) is 13.8 Å². The summed E-state index contributed by atoms with van der Waals surface area (Å²) in [5.41, 5.74) is -0.938. The summed E-state index contributed by atoms with van der Waals surface area (Å²) in [6, 6.07) is -0.392. The van der Waals surface area contributed by atoms with E-state index in [0.717, 1.165) is 0 Å². The van der Waals surface area contributed by atoms with Crippen LogP contribution in [0.15, 0.2) is 0 Å². The van der Waals surface area contributed by atoms with E-state index in [0.29, 0.717) is 12.8 Å². The van der Waals surface area contributed by atoms with Gasteiger partial charge in [0.2, 0.25) is 5.91 Å². The Hall–Kier alpha value is -1.79. The molecule has 0 radical (unpaired) electrons. The highest BCUT2D eigenvalue weighted by molar-refractivity contribution is 5.79. The van der Waals surface area contributed by atoms with Gasteiger partial charge in [-0.05, 0) is 26.7 Å². The Morgan fingerprint density at radius 3 is 2.10 bits per heavy atom. The number of carboxylic acids is 1. The zero-order valence-corrected chi connectivity index (χ0v) is 13.3. The summed E-state index contributed by atoms with van der Waals surface area (Å²) in [6.07, 6.45) is 1.07. The Labute approximate surface area is 125 Å². The normalized spacial score (nSPS) is 11.1. The van der Waals surface area contributed by atoms with Crippen molar-refractivity contribution in [3.8, 4) is 0 Å². The number of urea groups is 1. The summed E-state index contributed by atoms with van der Waals surface area (Å²) in [5, 5.41) is 17.1. The first kappa shape index (κ1) is 19.2. The van der Waals surface area contributed by atoms with Crippen molar-refractivity contribution < 1.29 is 19.5 Å². The van der Waals surface area contributed by atoms with Crippen LogP contribution in [0.4, 0.5) is 4.79 Å². The van der Waals surface area contributed by atoms with Gasteiger partial charge in [-0.25, -0.2) is 4.79 Å². The number of aliphatic carboxylic acids is 1. The van der Waals surface area contributed by atoms with Gasteiger partial charge in [0.15, 0.2) is 0 Å². The maximum absolute atomic E-state index is 11.6. The average Bonchev–Trinajstić information content (AvgIpc) is 2.39. The molecular formula is C14H27N3O4. The van der Waals surface area contributed by atoms with Crippen LogP contribution in [0.1, 0.15) is 47.0 Å². The molecule has 0 spiro atoms. The van der Waals surface area contributed by atoms with Crippen LogP contribution in [-0.4, -0.2) is 42.1 Å². The number of amides is 3. The molecule has 7 nitrogen and oxygen atoms in total. The lowest BCUT2D eigenvalue weighted by atomic mass is 9.82. The van der Waals surface area contributed by atoms with Gasteiger partial charge in [0.1, 0.15) is 0 Å². The zero-order chi connectivity index (χ0) is 16.5. The highest BCUT2D eigenvalue weighted by atomic mass is 16.4. The maximum atomic E-state index is 11.6. The van der Waals surface area contributed by atoms with E-state index in [1.54, 1.807) is 13.8 Å². The van der Waals surface area contributed by atoms with Crippen molar-refractivity contribution in [1.82, 2.24) is 16.0 Å². The Kier molecular flexibility index (Phi) is 8.42. The van der Waals surface area contributed by atoms with Crippen molar-refractivity contribution in [2.75, 3.05) is 13.1 Å². The third kappa shape index (κ3) is 6.97. The molecule has 0 aliphatic heterocycles. The first-order valence-electron chi connectivity index (χ1n) is 7.31. The monoisotopic (exact) mass is 301 g/mol. The molecule has 0 aromatic rings. The Morgan fingerprint density at radius 1 is 1.10 bits per heavy atom. The molecule has 0 rings (SSSR count). The van der Waals surface area contributed by atoms with E-state index in [4.69, 9.17) is 0 Å². The van der Waals surface area contributed by atoms with Gasteiger partial charge < -0.3 is 21.1 Å². The summed E-state index contributed by atoms with van der Waals surface area (Å²) in [4.78, 5) is 34.3. The first-order valence-corrected chi connectivity index (χ1v) is 7.31. The second kappa shape index (κ2) is 9.20. The number of hydrogen-bond donors (Lipinski definition) is 4. The molecule has 7 heteroatoms. The average molecular weight is 301 g/mol. The first-order chi connectivity index (χ1) is 9.77. The molecule has 21 heavy (non-hydrogen) atoms. The van der Waals surface area contributed by atoms with Crippen LogP contribution in [0.2, 0.25) is 0 Å². The molecular weight excluding hydrogens is 274 g/mol. The van der Waals surface area contributed by atoms with Gasteiger partial charge in [-0.3, -0.25) is 9.59 Å². The lowest BCUT2D eigenvalue weighted by molar-refractivity contribution is -0.149. The van der Waals surface area contributed by atoms with Crippen molar-refractivity contribution in [3.63, 3.8) is 0 Å². The van der Waals surface area contributed by atoms with Gasteiger partial charge in [0.05, 0.1) is 5.41 Å². The summed E-state index contributed by atoms with van der Waals surface area (Å²) in [5.74, 6) is -1.04. The molecule has 0 aliphatic rings. The molecule has 0 aromatic heterocycles. The van der Waals surface area contributed by atoms with Crippen LogP contribution in [0.25, 0.3) is 0 Å². The van der Waals surface area contributed by atoms with E-state index < -0.39 is 17.4 Å². The molecule has 0 bridgehead atoms. The van der Waals surface area contributed by atoms with Crippen LogP contribution in [-0.2, 0) is 9.59 Å². The number of hydrogen-bond acceptors (Lipinski definition) is 3. The minimum Gasteiger partial charge on any atom is -0.481 e. The molecule has 0 atom stereocenters. The number of nitrogens with one attached hydrogen (secondary N) is 3. The number of carbonyl (C=O) groups is 3. The molecule has 0 aliphatic carbocycles. The van der Waals surface area contributed by atoms with Crippen molar-refractivity contribution in [1.29, 1.82) is 0 Å². The second-order valence-electron chi connectivity index (χ2n) is 5.37. The SMILES string of the molecule is CCC(CC)(CNC(=O)NCCC(=O)NC(C)C)C(=O)O. The van der Waals surface area contributed by atoms with E-state index in [-0.39, 0.29) is 31.5 Å². The van der Waals surface area contributed by atoms with E-state index in [1.165, 1.54) is 0 Å². The topological polar surface area (TPSA) is 108 Å². The van der Waals surface area contributed by atoms with Crippen LogP contribution in [0.3, 0.4) is 0 Å². The molecule has 4 N–H and O–H groups in total. The Bertz CT molecular complexity index is 365. The predicted octanol–water partition coefficient (Wildman–Crippen LogP) is 1.09. The third-order valence-electron chi connectivity index (χ3n) is 3.48. The van der Waals surface area contributed by atoms with Crippen LogP contribution < -0.4 is 16.0 Å². The second-order valence-corrected chi connectivity index (χ2v) is 5.37. The molecule has 3 amide bonds. The minimum atomic E-state index is -0.938. The number of rotatable bonds is 9. The zero-order valence-electron chi connectivity index (χ0n) is 13.3. The van der Waals surface area contributed by atoms with E-state index in [9.17, 15) is 19.5 Å². The Balaban J connectivity index is 4.10. The van der Waals surface area contributed by atoms with E-state index >= 15 is 0 Å². The highest BCUT2D eigenvalue weighted by Gasteiger charge is 2.35. The standard InChI is InChI=1S/C14H27N3O4/c1-5-14(6-2,12(19)20)9-16-13(21)15-8-7-11(18)17-10(3)4/h10H,5-9H2,1-4H3,(H,17,18)(H,19,20)(H2,15,16,21). The van der Waals surface area contributed by atoms with Crippen LogP contribution in [0.5, 0.6) is 0 Å². The highest BCUT2D eigenvalue weighted by Crippen LogP contribution is 2.25. The number of carboxylic acid groups (broad SMARTS) is 1. The lowest BCUT2D eigenvalue weighted by Gasteiger charge is -2.26. The van der Waals surface area contributed by atoms with Gasteiger partial charge in [-0.2, -0.15) is 0 Å². The largest absolute Gasteiger partial charge is 0.481 e. The van der Waals surface area contributed by atoms with Crippen LogP contribution >= 0.6 is 0 Å². The van der Waals surface area contributed by atoms with Crippen molar-refractivity contribution in [3.05, 3.63) is 0 Å².